The van der Waals surface area contributed by atoms with Crippen molar-refractivity contribution in [3.8, 4) is 11.5 Å². The van der Waals surface area contributed by atoms with Crippen LogP contribution in [0.4, 0.5) is 5.69 Å². The number of methoxy groups -OCH3 is 1. The van der Waals surface area contributed by atoms with Crippen LogP contribution in [0.2, 0.25) is 5.02 Å². The van der Waals surface area contributed by atoms with Crippen molar-refractivity contribution in [2.45, 2.75) is 0 Å². The van der Waals surface area contributed by atoms with Crippen molar-refractivity contribution < 1.29 is 42.8 Å². The highest BCUT2D eigenvalue weighted by molar-refractivity contribution is 6.30. The Labute approximate surface area is 198 Å². The van der Waals surface area contributed by atoms with E-state index in [4.69, 9.17) is 21.1 Å². The van der Waals surface area contributed by atoms with Gasteiger partial charge >= 0.3 is 0 Å². The maximum absolute atomic E-state index is 12.1. The number of aryl methyl sites for hydroxylation is 1. The monoisotopic (exact) mass is 536 g/mol. The van der Waals surface area contributed by atoms with Crippen molar-refractivity contribution in [2.24, 2.45) is 7.05 Å². The highest BCUT2D eigenvalue weighted by Crippen LogP contribution is 2.28. The van der Waals surface area contributed by atoms with E-state index in [2.05, 4.69) is 5.32 Å². The van der Waals surface area contributed by atoms with Gasteiger partial charge in [0.25, 0.3) is 5.91 Å². The molecule has 0 saturated carbocycles. The number of aromatic nitrogens is 1. The lowest BCUT2D eigenvalue weighted by molar-refractivity contribution is -0.673. The zero-order valence-electron chi connectivity index (χ0n) is 16.6. The van der Waals surface area contributed by atoms with Crippen LogP contribution in [-0.4, -0.2) is 19.6 Å². The van der Waals surface area contributed by atoms with Gasteiger partial charge in [0.15, 0.2) is 24.3 Å². The Morgan fingerprint density at radius 2 is 1.90 bits per heavy atom. The highest BCUT2D eigenvalue weighted by Gasteiger charge is 2.09. The molecule has 0 unspecified atom stereocenters. The Balaban J connectivity index is 0.00000320. The molecule has 0 atom stereocenters. The number of nitrogens with zero attached hydrogens (tertiary/aromatic N) is 1. The molecule has 1 N–H and O–H groups in total. The van der Waals surface area contributed by atoms with Crippen molar-refractivity contribution in [2.75, 3.05) is 19.0 Å². The number of hydrogen-bond acceptors (Lipinski definition) is 3. The molecule has 0 bridgehead atoms. The number of rotatable bonds is 7. The van der Waals surface area contributed by atoms with Gasteiger partial charge in [-0.3, -0.25) is 4.79 Å². The van der Waals surface area contributed by atoms with Crippen LogP contribution in [0.5, 0.6) is 11.5 Å². The van der Waals surface area contributed by atoms with Gasteiger partial charge in [-0.25, -0.2) is 4.57 Å². The topological polar surface area (TPSA) is 51.4 Å². The van der Waals surface area contributed by atoms with Crippen LogP contribution in [0.1, 0.15) is 11.3 Å². The smallest absolute Gasteiger partial charge is 0.262 e. The number of nitrogens with one attached hydrogen (secondary N) is 1. The lowest BCUT2D eigenvalue weighted by Gasteiger charge is -2.11. The minimum atomic E-state index is -0.283. The van der Waals surface area contributed by atoms with Crippen molar-refractivity contribution >= 4 is 35.3 Å². The van der Waals surface area contributed by atoms with Crippen LogP contribution in [0.25, 0.3) is 12.2 Å². The second-order valence-corrected chi connectivity index (χ2v) is 6.76. The zero-order chi connectivity index (χ0) is 20.6. The summed E-state index contributed by atoms with van der Waals surface area (Å²) in [6, 6.07) is 18.5. The lowest BCUT2D eigenvalue weighted by atomic mass is 10.1. The number of ether oxygens (including phenoxy) is 2. The number of carbonyl (C=O) groups excluding carboxylic acids is 1. The molecular weight excluding hydrogens is 515 g/mol. The third-order valence-corrected chi connectivity index (χ3v) is 4.43. The molecule has 156 valence electrons. The maximum atomic E-state index is 12.1. The van der Waals surface area contributed by atoms with E-state index in [-0.39, 0.29) is 36.5 Å². The van der Waals surface area contributed by atoms with E-state index >= 15 is 0 Å². The van der Waals surface area contributed by atoms with E-state index in [1.165, 1.54) is 0 Å². The van der Waals surface area contributed by atoms with Gasteiger partial charge in [-0.1, -0.05) is 23.7 Å². The van der Waals surface area contributed by atoms with Crippen LogP contribution >= 0.6 is 11.6 Å². The number of carbonyl (C=O) groups is 1. The number of halogens is 2. The molecule has 0 aliphatic carbocycles. The molecule has 0 aliphatic heterocycles. The predicted octanol–water partition coefficient (Wildman–Crippen LogP) is 1.36. The molecule has 0 fully saturated rings. The standard InChI is InChI=1S/C23H21ClN2O3.HI/c1-26-13-4-3-8-20(26)11-9-17-10-12-21(22(14-17)28-2)29-16-23(27)25-19-7-5-6-18(24)15-19;/h3-15H,16H2,1-2H3;1H/b11-9+;. The van der Waals surface area contributed by atoms with E-state index in [0.717, 1.165) is 11.3 Å². The summed E-state index contributed by atoms with van der Waals surface area (Å²) in [6.07, 6.45) is 6.01. The Bertz CT molecular complexity index is 1040. The van der Waals surface area contributed by atoms with Crippen molar-refractivity contribution in [1.29, 1.82) is 0 Å². The summed E-state index contributed by atoms with van der Waals surface area (Å²) in [5, 5.41) is 3.30. The molecule has 0 radical (unpaired) electrons. The van der Waals surface area contributed by atoms with Gasteiger partial charge in [0.05, 0.1) is 7.11 Å². The summed E-state index contributed by atoms with van der Waals surface area (Å²) in [5.41, 5.74) is 2.65. The van der Waals surface area contributed by atoms with Gasteiger partial charge in [0.2, 0.25) is 5.69 Å². The number of anilines is 1. The summed E-state index contributed by atoms with van der Waals surface area (Å²) < 4.78 is 13.1. The van der Waals surface area contributed by atoms with Crippen molar-refractivity contribution in [3.05, 3.63) is 83.1 Å². The number of benzene rings is 2. The van der Waals surface area contributed by atoms with Crippen molar-refractivity contribution in [3.63, 3.8) is 0 Å². The molecule has 0 saturated heterocycles. The van der Waals surface area contributed by atoms with Gasteiger partial charge in [-0.2, -0.15) is 0 Å². The molecule has 1 aromatic heterocycles. The Kier molecular flexibility index (Phi) is 9.14. The quantitative estimate of drug-likeness (QED) is 0.367. The van der Waals surface area contributed by atoms with Gasteiger partial charge in [0.1, 0.15) is 7.05 Å². The number of pyridine rings is 1. The largest absolute Gasteiger partial charge is 1.00 e. The fourth-order valence-electron chi connectivity index (χ4n) is 2.70. The normalized spacial score (nSPS) is 10.4. The van der Waals surface area contributed by atoms with Gasteiger partial charge < -0.3 is 38.8 Å². The molecule has 1 amide bonds. The summed E-state index contributed by atoms with van der Waals surface area (Å²) in [7, 11) is 3.56. The Hall–Kier alpha value is -2.58. The minimum Gasteiger partial charge on any atom is -1.00 e. The van der Waals surface area contributed by atoms with Crippen LogP contribution < -0.4 is 43.3 Å². The fraction of sp³-hybridized carbons (Fsp3) is 0.130. The summed E-state index contributed by atoms with van der Waals surface area (Å²) in [6.45, 7) is -0.141. The first-order valence-electron chi connectivity index (χ1n) is 9.04. The van der Waals surface area contributed by atoms with E-state index in [1.54, 1.807) is 37.4 Å². The molecule has 1 heterocycles. The maximum Gasteiger partial charge on any atom is 0.262 e. The number of amides is 1. The second-order valence-electron chi connectivity index (χ2n) is 6.33. The summed E-state index contributed by atoms with van der Waals surface area (Å²) >= 11 is 5.92. The Morgan fingerprint density at radius 3 is 2.63 bits per heavy atom. The first kappa shape index (κ1) is 23.7. The summed E-state index contributed by atoms with van der Waals surface area (Å²) in [4.78, 5) is 12.1. The fourth-order valence-corrected chi connectivity index (χ4v) is 2.90. The van der Waals surface area contributed by atoms with E-state index in [9.17, 15) is 4.79 Å². The van der Waals surface area contributed by atoms with Crippen LogP contribution in [0.3, 0.4) is 0 Å². The summed E-state index contributed by atoms with van der Waals surface area (Å²) in [5.74, 6) is 0.770. The Morgan fingerprint density at radius 1 is 1.07 bits per heavy atom. The van der Waals surface area contributed by atoms with Gasteiger partial charge in [0, 0.05) is 28.9 Å². The van der Waals surface area contributed by atoms with E-state index in [1.807, 2.05) is 60.3 Å². The predicted molar refractivity (Wildman–Crippen MR) is 115 cm³/mol. The van der Waals surface area contributed by atoms with Crippen LogP contribution in [-0.2, 0) is 11.8 Å². The lowest BCUT2D eigenvalue weighted by Crippen LogP contribution is -3.00. The molecule has 3 rings (SSSR count). The average molecular weight is 537 g/mol. The molecular formula is C23H22ClIN2O3. The molecule has 30 heavy (non-hydrogen) atoms. The third kappa shape index (κ3) is 6.74. The average Bonchev–Trinajstić information content (AvgIpc) is 2.72. The first-order valence-corrected chi connectivity index (χ1v) is 9.42. The number of hydrogen-bond donors (Lipinski definition) is 1. The SMILES string of the molecule is COc1cc(/C=C/c2cccc[n+]2C)ccc1OCC(=O)Nc1cccc(Cl)c1.[I-]. The van der Waals surface area contributed by atoms with Crippen LogP contribution in [0.15, 0.2) is 66.9 Å². The first-order chi connectivity index (χ1) is 14.0. The molecule has 5 nitrogen and oxygen atoms in total. The van der Waals surface area contributed by atoms with Crippen LogP contribution in [0, 0.1) is 0 Å². The molecule has 2 aromatic carbocycles. The van der Waals surface area contributed by atoms with E-state index < -0.39 is 0 Å². The molecule has 3 aromatic rings. The minimum absolute atomic E-state index is 0. The molecule has 0 aliphatic rings. The van der Waals surface area contributed by atoms with Gasteiger partial charge in [-0.15, -0.1) is 0 Å². The molecule has 7 heteroatoms. The second kappa shape index (κ2) is 11.6. The van der Waals surface area contributed by atoms with E-state index in [0.29, 0.717) is 22.2 Å². The molecule has 0 spiro atoms. The highest BCUT2D eigenvalue weighted by atomic mass is 127. The zero-order valence-corrected chi connectivity index (χ0v) is 19.6. The van der Waals surface area contributed by atoms with Crippen molar-refractivity contribution in [1.82, 2.24) is 0 Å². The third-order valence-electron chi connectivity index (χ3n) is 4.20. The van der Waals surface area contributed by atoms with Gasteiger partial charge in [-0.05, 0) is 48.0 Å².